The largest absolute Gasteiger partial charge is 0.497 e. The van der Waals surface area contributed by atoms with Crippen LogP contribution < -0.4 is 4.74 Å². The van der Waals surface area contributed by atoms with Gasteiger partial charge in [-0.25, -0.2) is 0 Å². The first-order valence-electron chi connectivity index (χ1n) is 8.72. The van der Waals surface area contributed by atoms with Gasteiger partial charge in [-0.05, 0) is 67.9 Å². The van der Waals surface area contributed by atoms with E-state index in [1.165, 1.54) is 12.8 Å². The molecule has 1 saturated heterocycles. The number of nitrogens with zero attached hydrogens (tertiary/aromatic N) is 3. The molecule has 1 aliphatic rings. The Hall–Kier alpha value is -2.18. The topological polar surface area (TPSA) is 51.4 Å². The lowest BCUT2D eigenvalue weighted by atomic mass is 10.1. The summed E-state index contributed by atoms with van der Waals surface area (Å²) in [5, 5.41) is 4.22. The molecule has 1 aliphatic heterocycles. The summed E-state index contributed by atoms with van der Waals surface area (Å²) < 4.78 is 12.0. The maximum absolute atomic E-state index is 5.70. The molecule has 2 aromatic carbocycles. The average Bonchev–Trinajstić information content (AvgIpc) is 3.35. The highest BCUT2D eigenvalue weighted by molar-refractivity contribution is 9.10. The maximum atomic E-state index is 5.70. The van der Waals surface area contributed by atoms with Crippen molar-refractivity contribution in [2.45, 2.75) is 18.9 Å². The second-order valence-electron chi connectivity index (χ2n) is 6.39. The molecular weight excluding hydrogens is 394 g/mol. The van der Waals surface area contributed by atoms with E-state index in [0.29, 0.717) is 11.7 Å². The third kappa shape index (κ3) is 3.52. The zero-order valence-electron chi connectivity index (χ0n) is 14.6. The first-order chi connectivity index (χ1) is 12.7. The third-order valence-electron chi connectivity index (χ3n) is 4.69. The number of hydrogen-bond donors (Lipinski definition) is 0. The molecule has 26 heavy (non-hydrogen) atoms. The molecule has 1 unspecified atom stereocenters. The highest BCUT2D eigenvalue weighted by Gasteiger charge is 2.30. The number of halogens is 1. The highest BCUT2D eigenvalue weighted by atomic mass is 79.9. The Labute approximate surface area is 161 Å². The van der Waals surface area contributed by atoms with E-state index in [2.05, 4.69) is 38.1 Å². The summed E-state index contributed by atoms with van der Waals surface area (Å²) in [5.41, 5.74) is 2.07. The third-order valence-corrected chi connectivity index (χ3v) is 5.19. The highest BCUT2D eigenvalue weighted by Crippen LogP contribution is 2.33. The normalized spacial score (nSPS) is 15.9. The van der Waals surface area contributed by atoms with E-state index in [1.807, 2.05) is 36.4 Å². The van der Waals surface area contributed by atoms with Crippen molar-refractivity contribution in [2.75, 3.05) is 20.2 Å². The number of aromatic nitrogens is 2. The summed E-state index contributed by atoms with van der Waals surface area (Å²) in [7, 11) is 1.65. The molecule has 0 amide bonds. The predicted octanol–water partition coefficient (Wildman–Crippen LogP) is 4.69. The van der Waals surface area contributed by atoms with Gasteiger partial charge in [0.25, 0.3) is 0 Å². The van der Waals surface area contributed by atoms with Crippen LogP contribution in [-0.4, -0.2) is 35.2 Å². The van der Waals surface area contributed by atoms with Crippen molar-refractivity contribution in [3.05, 3.63) is 64.5 Å². The fourth-order valence-electron chi connectivity index (χ4n) is 3.39. The van der Waals surface area contributed by atoms with Crippen molar-refractivity contribution in [1.29, 1.82) is 0 Å². The van der Waals surface area contributed by atoms with Gasteiger partial charge < -0.3 is 9.26 Å². The fraction of sp³-hybridized carbons (Fsp3) is 0.300. The minimum absolute atomic E-state index is 0.0190. The second-order valence-corrected chi connectivity index (χ2v) is 7.30. The van der Waals surface area contributed by atoms with E-state index in [1.54, 1.807) is 7.11 Å². The molecule has 134 valence electrons. The smallest absolute Gasteiger partial charge is 0.248 e. The molecule has 6 heteroatoms. The van der Waals surface area contributed by atoms with Gasteiger partial charge in [-0.1, -0.05) is 33.2 Å². The van der Waals surface area contributed by atoms with Crippen LogP contribution in [0.2, 0.25) is 0 Å². The van der Waals surface area contributed by atoms with Gasteiger partial charge in [-0.15, -0.1) is 0 Å². The fourth-order valence-corrected chi connectivity index (χ4v) is 3.81. The Morgan fingerprint density at radius 1 is 1.12 bits per heavy atom. The molecule has 1 fully saturated rings. The van der Waals surface area contributed by atoms with E-state index in [4.69, 9.17) is 14.2 Å². The second kappa shape index (κ2) is 7.60. The van der Waals surface area contributed by atoms with E-state index in [9.17, 15) is 0 Å². The van der Waals surface area contributed by atoms with Gasteiger partial charge in [0.1, 0.15) is 11.8 Å². The summed E-state index contributed by atoms with van der Waals surface area (Å²) >= 11 is 3.57. The summed E-state index contributed by atoms with van der Waals surface area (Å²) in [4.78, 5) is 7.12. The molecular formula is C20H20BrN3O2. The summed E-state index contributed by atoms with van der Waals surface area (Å²) in [6, 6.07) is 16.0. The number of methoxy groups -OCH3 is 1. The van der Waals surface area contributed by atoms with Gasteiger partial charge in [0.15, 0.2) is 0 Å². The first kappa shape index (κ1) is 17.2. The zero-order chi connectivity index (χ0) is 17.9. The number of benzene rings is 2. The Morgan fingerprint density at radius 2 is 1.88 bits per heavy atom. The van der Waals surface area contributed by atoms with Gasteiger partial charge in [-0.3, -0.25) is 4.90 Å². The quantitative estimate of drug-likeness (QED) is 0.606. The van der Waals surface area contributed by atoms with Gasteiger partial charge in [-0.2, -0.15) is 4.98 Å². The molecule has 1 aromatic heterocycles. The Morgan fingerprint density at radius 3 is 2.58 bits per heavy atom. The molecule has 0 bridgehead atoms. The summed E-state index contributed by atoms with van der Waals surface area (Å²) in [5.74, 6) is 2.04. The van der Waals surface area contributed by atoms with Crippen molar-refractivity contribution in [1.82, 2.24) is 15.0 Å². The lowest BCUT2D eigenvalue weighted by Crippen LogP contribution is -2.26. The monoisotopic (exact) mass is 413 g/mol. The molecule has 5 nitrogen and oxygen atoms in total. The molecule has 4 rings (SSSR count). The van der Waals surface area contributed by atoms with Crippen LogP contribution >= 0.6 is 15.9 Å². The van der Waals surface area contributed by atoms with Crippen LogP contribution in [0.5, 0.6) is 5.75 Å². The minimum Gasteiger partial charge on any atom is -0.497 e. The SMILES string of the molecule is COc1ccc(-c2noc(C(c3cccc(Br)c3)N3CCCC3)n2)cc1. The molecule has 0 radical (unpaired) electrons. The van der Waals surface area contributed by atoms with Gasteiger partial charge in [0.05, 0.1) is 7.11 Å². The Balaban J connectivity index is 1.68. The van der Waals surface area contributed by atoms with Crippen LogP contribution in [0.4, 0.5) is 0 Å². The molecule has 3 aromatic rings. The maximum Gasteiger partial charge on any atom is 0.248 e. The number of ether oxygens (including phenoxy) is 1. The molecule has 0 aliphatic carbocycles. The van der Waals surface area contributed by atoms with Gasteiger partial charge >= 0.3 is 0 Å². The minimum atomic E-state index is -0.0190. The van der Waals surface area contributed by atoms with Crippen LogP contribution in [0.1, 0.15) is 30.3 Å². The average molecular weight is 414 g/mol. The summed E-state index contributed by atoms with van der Waals surface area (Å²) in [6.07, 6.45) is 2.40. The predicted molar refractivity (Wildman–Crippen MR) is 103 cm³/mol. The van der Waals surface area contributed by atoms with Crippen molar-refractivity contribution in [3.63, 3.8) is 0 Å². The number of rotatable bonds is 5. The van der Waals surface area contributed by atoms with Crippen LogP contribution in [0.25, 0.3) is 11.4 Å². The molecule has 0 saturated carbocycles. The van der Waals surface area contributed by atoms with Crippen LogP contribution in [0.15, 0.2) is 57.5 Å². The van der Waals surface area contributed by atoms with E-state index in [0.717, 1.165) is 34.4 Å². The van der Waals surface area contributed by atoms with Crippen LogP contribution in [0.3, 0.4) is 0 Å². The van der Waals surface area contributed by atoms with Crippen molar-refractivity contribution in [2.24, 2.45) is 0 Å². The first-order valence-corrected chi connectivity index (χ1v) is 9.51. The molecule has 1 atom stereocenters. The standard InChI is InChI=1S/C20H20BrN3O2/c1-25-17-9-7-14(8-10-17)19-22-20(26-23-19)18(24-11-2-3-12-24)15-5-4-6-16(21)13-15/h4-10,13,18H,2-3,11-12H2,1H3. The Bertz CT molecular complexity index is 873. The van der Waals surface area contributed by atoms with Crippen LogP contribution in [0, 0.1) is 0 Å². The van der Waals surface area contributed by atoms with Crippen molar-refractivity contribution in [3.8, 4) is 17.1 Å². The molecule has 0 spiro atoms. The number of likely N-dealkylation sites (tertiary alicyclic amines) is 1. The summed E-state index contributed by atoms with van der Waals surface area (Å²) in [6.45, 7) is 2.08. The lowest BCUT2D eigenvalue weighted by Gasteiger charge is -2.24. The van der Waals surface area contributed by atoms with Crippen molar-refractivity contribution < 1.29 is 9.26 Å². The van der Waals surface area contributed by atoms with E-state index < -0.39 is 0 Å². The van der Waals surface area contributed by atoms with Gasteiger partial charge in [0.2, 0.25) is 11.7 Å². The van der Waals surface area contributed by atoms with Crippen molar-refractivity contribution >= 4 is 15.9 Å². The molecule has 2 heterocycles. The van der Waals surface area contributed by atoms with Gasteiger partial charge in [0, 0.05) is 10.0 Å². The van der Waals surface area contributed by atoms with Crippen LogP contribution in [-0.2, 0) is 0 Å². The Kier molecular flexibility index (Phi) is 5.04. The number of hydrogen-bond acceptors (Lipinski definition) is 5. The lowest BCUT2D eigenvalue weighted by molar-refractivity contribution is 0.225. The van der Waals surface area contributed by atoms with E-state index in [-0.39, 0.29) is 6.04 Å². The van der Waals surface area contributed by atoms with E-state index >= 15 is 0 Å². The zero-order valence-corrected chi connectivity index (χ0v) is 16.1. The molecule has 0 N–H and O–H groups in total.